The number of nitrogens with zero attached hydrogens (tertiary/aromatic N) is 2. The third kappa shape index (κ3) is 3.69. The minimum atomic E-state index is -0.121. The first-order chi connectivity index (χ1) is 9.63. The molecule has 1 saturated carbocycles. The van der Waals surface area contributed by atoms with Crippen LogP contribution in [0.25, 0.3) is 0 Å². The van der Waals surface area contributed by atoms with Gasteiger partial charge in [0.25, 0.3) is 0 Å². The maximum atomic E-state index is 12.1. The second kappa shape index (κ2) is 7.02. The molecule has 5 nitrogen and oxygen atoms in total. The zero-order chi connectivity index (χ0) is 14.5. The smallest absolute Gasteiger partial charge is 0.320 e. The molecule has 1 aliphatic carbocycles. The van der Waals surface area contributed by atoms with Gasteiger partial charge in [-0.1, -0.05) is 20.3 Å². The Balaban J connectivity index is 1.90. The molecule has 0 radical (unpaired) electrons. The monoisotopic (exact) mass is 296 g/mol. The molecule has 1 aromatic rings. The fraction of sp³-hybridized carbons (Fsp3) is 0.714. The summed E-state index contributed by atoms with van der Waals surface area (Å²) in [7, 11) is 1.85. The van der Waals surface area contributed by atoms with Crippen LogP contribution in [0.4, 0.5) is 10.6 Å². The molecule has 2 atom stereocenters. The number of aromatic nitrogens is 2. The van der Waals surface area contributed by atoms with Crippen LogP contribution in [-0.2, 0) is 13.5 Å². The van der Waals surface area contributed by atoms with E-state index in [-0.39, 0.29) is 6.03 Å². The van der Waals surface area contributed by atoms with E-state index in [1.807, 2.05) is 24.9 Å². The molecular formula is C14H24N4OS. The summed E-state index contributed by atoms with van der Waals surface area (Å²) in [5.41, 5.74) is 0.989. The number of anilines is 1. The first-order valence-electron chi connectivity index (χ1n) is 7.36. The van der Waals surface area contributed by atoms with Crippen molar-refractivity contribution in [3.05, 3.63) is 11.8 Å². The van der Waals surface area contributed by atoms with Gasteiger partial charge >= 0.3 is 6.03 Å². The van der Waals surface area contributed by atoms with Crippen molar-refractivity contribution in [1.29, 1.82) is 0 Å². The van der Waals surface area contributed by atoms with Crippen molar-refractivity contribution in [2.75, 3.05) is 11.1 Å². The molecule has 2 amide bonds. The number of thioether (sulfide) groups is 1. The molecular weight excluding hydrogens is 272 g/mol. The van der Waals surface area contributed by atoms with Crippen molar-refractivity contribution in [1.82, 2.24) is 15.1 Å². The third-order valence-electron chi connectivity index (χ3n) is 3.68. The van der Waals surface area contributed by atoms with Crippen molar-refractivity contribution < 1.29 is 4.79 Å². The summed E-state index contributed by atoms with van der Waals surface area (Å²) in [5, 5.41) is 10.9. The number of amides is 2. The molecule has 0 aliphatic heterocycles. The average molecular weight is 296 g/mol. The standard InChI is InChI=1S/C14H24N4OS/c1-4-10-9-13(18(3)17-10)16-14(19)15-11-7-6-8-12(11)20-5-2/h9,11-12H,4-8H2,1-3H3,(H2,15,16,19)/t11-,12+/m1/s1. The normalized spacial score (nSPS) is 21.9. The van der Waals surface area contributed by atoms with E-state index in [0.29, 0.717) is 11.3 Å². The second-order valence-corrected chi connectivity index (χ2v) is 6.64. The van der Waals surface area contributed by atoms with Crippen LogP contribution >= 0.6 is 11.8 Å². The predicted octanol–water partition coefficient (Wildman–Crippen LogP) is 2.78. The minimum Gasteiger partial charge on any atom is -0.334 e. The highest BCUT2D eigenvalue weighted by atomic mass is 32.2. The van der Waals surface area contributed by atoms with Crippen LogP contribution in [-0.4, -0.2) is 32.9 Å². The Morgan fingerprint density at radius 2 is 2.30 bits per heavy atom. The SMILES string of the molecule is CCS[C@H]1CCC[C@H]1NC(=O)Nc1cc(CC)nn1C. The molecule has 2 N–H and O–H groups in total. The van der Waals surface area contributed by atoms with E-state index in [4.69, 9.17) is 0 Å². The Morgan fingerprint density at radius 3 is 2.95 bits per heavy atom. The van der Waals surface area contributed by atoms with E-state index < -0.39 is 0 Å². The molecule has 1 aliphatic rings. The van der Waals surface area contributed by atoms with E-state index in [1.54, 1.807) is 4.68 Å². The van der Waals surface area contributed by atoms with E-state index in [1.165, 1.54) is 12.8 Å². The number of hydrogen-bond acceptors (Lipinski definition) is 3. The number of aryl methyl sites for hydroxylation is 2. The molecule has 20 heavy (non-hydrogen) atoms. The number of urea groups is 1. The number of rotatable bonds is 5. The summed E-state index contributed by atoms with van der Waals surface area (Å²) < 4.78 is 1.71. The molecule has 0 unspecified atom stereocenters. The van der Waals surface area contributed by atoms with Crippen molar-refractivity contribution in [3.8, 4) is 0 Å². The molecule has 1 aromatic heterocycles. The van der Waals surface area contributed by atoms with E-state index in [0.717, 1.165) is 30.1 Å². The third-order valence-corrected chi connectivity index (χ3v) is 5.01. The van der Waals surface area contributed by atoms with Crippen molar-refractivity contribution in [3.63, 3.8) is 0 Å². The highest BCUT2D eigenvalue weighted by Gasteiger charge is 2.28. The van der Waals surface area contributed by atoms with Gasteiger partial charge in [0.15, 0.2) is 0 Å². The zero-order valence-electron chi connectivity index (χ0n) is 12.5. The highest BCUT2D eigenvalue weighted by Crippen LogP contribution is 2.29. The van der Waals surface area contributed by atoms with Gasteiger partial charge in [0.05, 0.1) is 5.69 Å². The maximum absolute atomic E-state index is 12.1. The van der Waals surface area contributed by atoms with Crippen molar-refractivity contribution in [2.45, 2.75) is 50.8 Å². The predicted molar refractivity (Wildman–Crippen MR) is 84.3 cm³/mol. The Bertz CT molecular complexity index is 460. The van der Waals surface area contributed by atoms with Crippen LogP contribution in [0.15, 0.2) is 6.07 Å². The lowest BCUT2D eigenvalue weighted by atomic mass is 10.2. The van der Waals surface area contributed by atoms with Gasteiger partial charge in [-0.15, -0.1) is 0 Å². The van der Waals surface area contributed by atoms with Gasteiger partial charge < -0.3 is 5.32 Å². The molecule has 1 heterocycles. The van der Waals surface area contributed by atoms with E-state index >= 15 is 0 Å². The van der Waals surface area contributed by atoms with Crippen molar-refractivity contribution >= 4 is 23.6 Å². The van der Waals surface area contributed by atoms with Crippen LogP contribution in [0.3, 0.4) is 0 Å². The molecule has 112 valence electrons. The number of hydrogen-bond donors (Lipinski definition) is 2. The lowest BCUT2D eigenvalue weighted by Crippen LogP contribution is -2.41. The number of carbonyl (C=O) groups is 1. The number of carbonyl (C=O) groups excluding carboxylic acids is 1. The van der Waals surface area contributed by atoms with Crippen LogP contribution in [0.1, 0.15) is 38.8 Å². The van der Waals surface area contributed by atoms with Crippen LogP contribution in [0, 0.1) is 0 Å². The minimum absolute atomic E-state index is 0.121. The molecule has 0 spiro atoms. The van der Waals surface area contributed by atoms with Crippen LogP contribution in [0.5, 0.6) is 0 Å². The summed E-state index contributed by atoms with van der Waals surface area (Å²) in [4.78, 5) is 12.1. The lowest BCUT2D eigenvalue weighted by Gasteiger charge is -2.20. The van der Waals surface area contributed by atoms with Crippen LogP contribution in [0.2, 0.25) is 0 Å². The molecule has 0 aromatic carbocycles. The summed E-state index contributed by atoms with van der Waals surface area (Å²) in [6, 6.07) is 2.09. The number of nitrogens with one attached hydrogen (secondary N) is 2. The van der Waals surface area contributed by atoms with Gasteiger partial charge in [-0.25, -0.2) is 4.79 Å². The van der Waals surface area contributed by atoms with Crippen molar-refractivity contribution in [2.24, 2.45) is 7.05 Å². The molecule has 2 rings (SSSR count). The van der Waals surface area contributed by atoms with Gasteiger partial charge in [-0.05, 0) is 25.0 Å². The quantitative estimate of drug-likeness (QED) is 0.878. The van der Waals surface area contributed by atoms with Gasteiger partial charge in [0.1, 0.15) is 5.82 Å². The van der Waals surface area contributed by atoms with Crippen LogP contribution < -0.4 is 10.6 Å². The molecule has 0 bridgehead atoms. The lowest BCUT2D eigenvalue weighted by molar-refractivity contribution is 0.248. The van der Waals surface area contributed by atoms with Gasteiger partial charge in [0, 0.05) is 24.4 Å². The summed E-state index contributed by atoms with van der Waals surface area (Å²) in [6.45, 7) is 4.22. The molecule has 1 fully saturated rings. The fourth-order valence-electron chi connectivity index (χ4n) is 2.64. The van der Waals surface area contributed by atoms with Gasteiger partial charge in [-0.2, -0.15) is 16.9 Å². The Hall–Kier alpha value is -1.17. The summed E-state index contributed by atoms with van der Waals surface area (Å²) >= 11 is 1.95. The van der Waals surface area contributed by atoms with E-state index in [2.05, 4.69) is 29.6 Å². The first kappa shape index (κ1) is 15.2. The average Bonchev–Trinajstić information content (AvgIpc) is 2.98. The zero-order valence-corrected chi connectivity index (χ0v) is 13.3. The van der Waals surface area contributed by atoms with E-state index in [9.17, 15) is 4.79 Å². The maximum Gasteiger partial charge on any atom is 0.320 e. The van der Waals surface area contributed by atoms with Gasteiger partial charge in [0.2, 0.25) is 0 Å². The summed E-state index contributed by atoms with van der Waals surface area (Å²) in [6.07, 6.45) is 4.36. The Morgan fingerprint density at radius 1 is 1.50 bits per heavy atom. The topological polar surface area (TPSA) is 59.0 Å². The van der Waals surface area contributed by atoms with Gasteiger partial charge in [-0.3, -0.25) is 10.00 Å². The summed E-state index contributed by atoms with van der Waals surface area (Å²) in [5.74, 6) is 1.85. The molecule has 0 saturated heterocycles. The second-order valence-electron chi connectivity index (χ2n) is 5.13. The fourth-order valence-corrected chi connectivity index (χ4v) is 3.84. The highest BCUT2D eigenvalue weighted by molar-refractivity contribution is 7.99. The molecule has 6 heteroatoms. The first-order valence-corrected chi connectivity index (χ1v) is 8.41. The largest absolute Gasteiger partial charge is 0.334 e. The Labute approximate surface area is 124 Å². The Kier molecular flexibility index (Phi) is 5.34.